The lowest BCUT2D eigenvalue weighted by molar-refractivity contribution is -0.126. The van der Waals surface area contributed by atoms with Crippen LogP contribution in [0.3, 0.4) is 0 Å². The number of carbonyl (C=O) groups is 1. The molecule has 1 unspecified atom stereocenters. The number of hydrogen-bond donors (Lipinski definition) is 1. The van der Waals surface area contributed by atoms with E-state index in [2.05, 4.69) is 43.0 Å². The number of piperidine rings is 1. The van der Waals surface area contributed by atoms with E-state index in [0.717, 1.165) is 42.8 Å². The minimum absolute atomic E-state index is 0.0285. The third-order valence-electron chi connectivity index (χ3n) is 4.31. The van der Waals surface area contributed by atoms with E-state index in [-0.39, 0.29) is 11.9 Å². The second-order valence-corrected chi connectivity index (χ2v) is 5.49. The van der Waals surface area contributed by atoms with Crippen molar-refractivity contribution in [1.82, 2.24) is 10.2 Å². The molecule has 0 aromatic rings. The third-order valence-corrected chi connectivity index (χ3v) is 4.31. The van der Waals surface area contributed by atoms with Gasteiger partial charge in [-0.15, -0.1) is 0 Å². The summed E-state index contributed by atoms with van der Waals surface area (Å²) in [5, 5.41) is 2.86. The van der Waals surface area contributed by atoms with Crippen molar-refractivity contribution in [2.24, 2.45) is 0 Å². The molecule has 3 nitrogen and oxygen atoms in total. The van der Waals surface area contributed by atoms with E-state index in [0.29, 0.717) is 0 Å². The Morgan fingerprint density at radius 1 is 1.39 bits per heavy atom. The molecule has 2 heterocycles. The molecule has 2 saturated heterocycles. The predicted octanol–water partition coefficient (Wildman–Crippen LogP) is 4.47. The van der Waals surface area contributed by atoms with Gasteiger partial charge in [-0.3, -0.25) is 4.79 Å². The molecule has 1 amide bonds. The molecule has 0 aromatic carbocycles. The summed E-state index contributed by atoms with van der Waals surface area (Å²) in [7, 11) is 0. The lowest BCUT2D eigenvalue weighted by atomic mass is 10.00. The first-order chi connectivity index (χ1) is 11.0. The summed E-state index contributed by atoms with van der Waals surface area (Å²) in [6.45, 7) is 20.8. The van der Waals surface area contributed by atoms with Gasteiger partial charge in [0.2, 0.25) is 5.91 Å². The van der Waals surface area contributed by atoms with Crippen LogP contribution in [0.2, 0.25) is 0 Å². The first kappa shape index (κ1) is 19.0. The Bertz CT molecular complexity index is 566. The molecule has 2 rings (SSSR count). The average molecular weight is 314 g/mol. The van der Waals surface area contributed by atoms with E-state index in [1.807, 2.05) is 26.8 Å². The van der Waals surface area contributed by atoms with Crippen LogP contribution in [0.1, 0.15) is 47.0 Å². The molecule has 0 aromatic heterocycles. The van der Waals surface area contributed by atoms with Gasteiger partial charge in [0.15, 0.2) is 0 Å². The van der Waals surface area contributed by atoms with E-state index in [1.165, 1.54) is 11.1 Å². The van der Waals surface area contributed by atoms with Crippen LogP contribution in [0.15, 0.2) is 60.0 Å². The molecule has 2 fully saturated rings. The van der Waals surface area contributed by atoms with Crippen LogP contribution in [-0.4, -0.2) is 23.4 Å². The van der Waals surface area contributed by atoms with Crippen LogP contribution in [0.4, 0.5) is 0 Å². The minimum Gasteiger partial charge on any atom is -0.355 e. The van der Waals surface area contributed by atoms with Gasteiger partial charge < -0.3 is 10.2 Å². The van der Waals surface area contributed by atoms with E-state index in [4.69, 9.17) is 0 Å². The zero-order valence-electron chi connectivity index (χ0n) is 15.0. The van der Waals surface area contributed by atoms with Crippen LogP contribution in [0.25, 0.3) is 0 Å². The number of amides is 1. The number of allylic oxidation sites excluding steroid dienone is 5. The van der Waals surface area contributed by atoms with Gasteiger partial charge in [-0.25, -0.2) is 0 Å². The highest BCUT2D eigenvalue weighted by molar-refractivity contribution is 5.85. The van der Waals surface area contributed by atoms with Crippen LogP contribution in [0.5, 0.6) is 0 Å². The monoisotopic (exact) mass is 314 g/mol. The summed E-state index contributed by atoms with van der Waals surface area (Å²) in [5.74, 6) is 0.0285. The van der Waals surface area contributed by atoms with Crippen molar-refractivity contribution in [3.8, 4) is 0 Å². The highest BCUT2D eigenvalue weighted by atomic mass is 16.2. The molecule has 23 heavy (non-hydrogen) atoms. The summed E-state index contributed by atoms with van der Waals surface area (Å²) in [6, 6.07) is -0.154. The van der Waals surface area contributed by atoms with Crippen LogP contribution in [-0.2, 0) is 4.79 Å². The van der Waals surface area contributed by atoms with E-state index in [1.54, 1.807) is 0 Å². The van der Waals surface area contributed by atoms with E-state index < -0.39 is 0 Å². The molecule has 2 aliphatic heterocycles. The summed E-state index contributed by atoms with van der Waals surface area (Å²) in [5.41, 5.74) is 5.37. The van der Waals surface area contributed by atoms with Gasteiger partial charge in [0.1, 0.15) is 6.04 Å². The normalized spacial score (nSPS) is 25.0. The molecular weight excluding hydrogens is 284 g/mol. The smallest absolute Gasteiger partial charge is 0.246 e. The summed E-state index contributed by atoms with van der Waals surface area (Å²) in [4.78, 5) is 14.4. The first-order valence-electron chi connectivity index (χ1n) is 8.49. The lowest BCUT2D eigenvalue weighted by Crippen LogP contribution is -2.47. The highest BCUT2D eigenvalue weighted by Crippen LogP contribution is 2.37. The van der Waals surface area contributed by atoms with Crippen molar-refractivity contribution in [3.63, 3.8) is 0 Å². The Morgan fingerprint density at radius 3 is 2.52 bits per heavy atom. The van der Waals surface area contributed by atoms with Gasteiger partial charge in [-0.2, -0.15) is 0 Å². The Labute approximate surface area is 141 Å². The Morgan fingerprint density at radius 2 is 2.04 bits per heavy atom. The number of nitrogens with zero attached hydrogens (tertiary/aromatic N) is 1. The molecule has 3 heteroatoms. The maximum absolute atomic E-state index is 12.2. The van der Waals surface area contributed by atoms with E-state index in [9.17, 15) is 4.79 Å². The molecule has 0 bridgehead atoms. The molecule has 0 saturated carbocycles. The predicted molar refractivity (Wildman–Crippen MR) is 98.8 cm³/mol. The third kappa shape index (κ3) is 3.84. The summed E-state index contributed by atoms with van der Waals surface area (Å²) in [6.07, 6.45) is 6.55. The molecule has 2 aliphatic rings. The Balaban J connectivity index is 0.00000127. The van der Waals surface area contributed by atoms with Gasteiger partial charge in [0.05, 0.1) is 0 Å². The van der Waals surface area contributed by atoms with Crippen molar-refractivity contribution in [1.29, 1.82) is 0 Å². The van der Waals surface area contributed by atoms with Gasteiger partial charge in [-0.05, 0) is 42.9 Å². The van der Waals surface area contributed by atoms with Gasteiger partial charge >= 0.3 is 0 Å². The SMILES string of the molecule is C=C/C(CC)=C1/CN(C2CCC(=C)NC2=O)C(=C)/C1=C/C.CC. The number of nitrogens with one attached hydrogen (secondary N) is 1. The van der Waals surface area contributed by atoms with Crippen LogP contribution < -0.4 is 5.32 Å². The van der Waals surface area contributed by atoms with E-state index >= 15 is 0 Å². The molecule has 0 radical (unpaired) electrons. The zero-order chi connectivity index (χ0) is 17.6. The molecule has 1 atom stereocenters. The number of likely N-dealkylation sites (tertiary alicyclic amines) is 1. The standard InChI is InChI=1S/C18H24N2O.C2H6/c1-6-14(7-2)16-11-20(13(5)15(16)8-3)17-10-9-12(4)19-18(17)21;1-2/h6,8,17H,1,4-5,7,9-11H2,2-3H3,(H,19,21);1-2H3/b15-8-,16-14+;. The van der Waals surface area contributed by atoms with Crippen molar-refractivity contribution in [2.75, 3.05) is 6.54 Å². The molecule has 126 valence electrons. The van der Waals surface area contributed by atoms with Gasteiger partial charge in [0.25, 0.3) is 0 Å². The van der Waals surface area contributed by atoms with Gasteiger partial charge in [0, 0.05) is 17.9 Å². The first-order valence-corrected chi connectivity index (χ1v) is 8.49. The molecule has 1 N–H and O–H groups in total. The maximum Gasteiger partial charge on any atom is 0.246 e. The minimum atomic E-state index is -0.154. The quantitative estimate of drug-likeness (QED) is 0.833. The van der Waals surface area contributed by atoms with Gasteiger partial charge in [-0.1, -0.05) is 52.7 Å². The highest BCUT2D eigenvalue weighted by Gasteiger charge is 2.36. The number of hydrogen-bond acceptors (Lipinski definition) is 2. The van der Waals surface area contributed by atoms with Crippen molar-refractivity contribution < 1.29 is 4.79 Å². The Kier molecular flexibility index (Phi) is 7.08. The molecule has 0 spiro atoms. The number of rotatable bonds is 3. The molecule has 0 aliphatic carbocycles. The van der Waals surface area contributed by atoms with Crippen LogP contribution in [0, 0.1) is 0 Å². The maximum atomic E-state index is 12.2. The average Bonchev–Trinajstić information content (AvgIpc) is 2.87. The summed E-state index contributed by atoms with van der Waals surface area (Å²) < 4.78 is 0. The fourth-order valence-electron chi connectivity index (χ4n) is 3.13. The fraction of sp³-hybridized carbons (Fsp3) is 0.450. The van der Waals surface area contributed by atoms with Crippen molar-refractivity contribution in [2.45, 2.75) is 53.0 Å². The zero-order valence-corrected chi connectivity index (χ0v) is 15.0. The summed E-state index contributed by atoms with van der Waals surface area (Å²) >= 11 is 0. The van der Waals surface area contributed by atoms with Crippen molar-refractivity contribution in [3.05, 3.63) is 60.0 Å². The lowest BCUT2D eigenvalue weighted by Gasteiger charge is -2.32. The topological polar surface area (TPSA) is 32.3 Å². The van der Waals surface area contributed by atoms with Crippen LogP contribution >= 0.6 is 0 Å². The molecular formula is C20H30N2O. The number of carbonyl (C=O) groups excluding carboxylic acids is 1. The largest absolute Gasteiger partial charge is 0.355 e. The fourth-order valence-corrected chi connectivity index (χ4v) is 3.13. The second kappa shape index (κ2) is 8.56. The Hall–Kier alpha value is -2.03. The second-order valence-electron chi connectivity index (χ2n) is 5.49. The van der Waals surface area contributed by atoms with Crippen molar-refractivity contribution >= 4 is 5.91 Å².